The van der Waals surface area contributed by atoms with Crippen LogP contribution in [0.2, 0.25) is 0 Å². The lowest BCUT2D eigenvalue weighted by Gasteiger charge is -2.18. The lowest BCUT2D eigenvalue weighted by atomic mass is 9.91. The number of amides is 3. The van der Waals surface area contributed by atoms with Gasteiger partial charge in [0.25, 0.3) is 0 Å². The fourth-order valence-corrected chi connectivity index (χ4v) is 4.33. The van der Waals surface area contributed by atoms with Crippen molar-refractivity contribution in [3.05, 3.63) is 114 Å². The van der Waals surface area contributed by atoms with Crippen molar-refractivity contribution in [2.75, 3.05) is 18.5 Å². The van der Waals surface area contributed by atoms with Crippen LogP contribution in [-0.4, -0.2) is 31.2 Å². The summed E-state index contributed by atoms with van der Waals surface area (Å²) in [7, 11) is 0. The number of anilines is 1. The van der Waals surface area contributed by atoms with E-state index in [1.165, 1.54) is 0 Å². The Morgan fingerprint density at radius 2 is 1.65 bits per heavy atom. The highest BCUT2D eigenvalue weighted by Crippen LogP contribution is 2.23. The van der Waals surface area contributed by atoms with E-state index in [-0.39, 0.29) is 24.0 Å². The van der Waals surface area contributed by atoms with Crippen LogP contribution in [0.1, 0.15) is 35.4 Å². The summed E-state index contributed by atoms with van der Waals surface area (Å²) in [4.78, 5) is 25.5. The number of benzene rings is 3. The maximum absolute atomic E-state index is 13.4. The molecule has 3 amide bonds. The van der Waals surface area contributed by atoms with Gasteiger partial charge >= 0.3 is 6.03 Å². The highest BCUT2D eigenvalue weighted by atomic mass is 16.5. The van der Waals surface area contributed by atoms with Crippen molar-refractivity contribution in [2.24, 2.45) is 0 Å². The van der Waals surface area contributed by atoms with E-state index in [2.05, 4.69) is 27.8 Å². The molecule has 192 valence electrons. The molecular weight excluding hydrogens is 464 g/mol. The summed E-state index contributed by atoms with van der Waals surface area (Å²) in [5.41, 5.74) is 3.74. The number of nitrogens with one attached hydrogen (secondary N) is 4. The Labute approximate surface area is 218 Å². The molecule has 7 heteroatoms. The standard InChI is InChI=1S/C30H34N4O3/c1-22(33-30(36)32-21-27-16-9-17-37-27)31-20-24-12-8-15-26(18-24)34-29(35)28(25-13-6-3-7-14-25)19-23-10-4-2-5-11-23/h2-8,10-15,18,27-28,31H,1,9,16-17,19-21H2,(H,34,35)(H2,32,33,36). The van der Waals surface area contributed by atoms with Crippen molar-refractivity contribution in [3.8, 4) is 0 Å². The van der Waals surface area contributed by atoms with Crippen LogP contribution in [-0.2, 0) is 22.5 Å². The van der Waals surface area contributed by atoms with Gasteiger partial charge in [-0.05, 0) is 48.1 Å². The lowest BCUT2D eigenvalue weighted by molar-refractivity contribution is -0.117. The molecule has 4 rings (SSSR count). The third-order valence-corrected chi connectivity index (χ3v) is 6.28. The van der Waals surface area contributed by atoms with Crippen LogP contribution in [0.5, 0.6) is 0 Å². The number of carbonyl (C=O) groups excluding carboxylic acids is 2. The molecule has 2 atom stereocenters. The van der Waals surface area contributed by atoms with Gasteiger partial charge in [-0.3, -0.25) is 10.1 Å². The minimum absolute atomic E-state index is 0.0610. The zero-order valence-electron chi connectivity index (χ0n) is 20.9. The monoisotopic (exact) mass is 498 g/mol. The minimum Gasteiger partial charge on any atom is -0.376 e. The fraction of sp³-hybridized carbons (Fsp3) is 0.267. The average Bonchev–Trinajstić information content (AvgIpc) is 3.45. The Bertz CT molecular complexity index is 1180. The van der Waals surface area contributed by atoms with Crippen molar-refractivity contribution in [2.45, 2.75) is 37.8 Å². The third-order valence-electron chi connectivity index (χ3n) is 6.28. The Balaban J connectivity index is 1.31. The summed E-state index contributed by atoms with van der Waals surface area (Å²) in [5, 5.41) is 11.7. The highest BCUT2D eigenvalue weighted by molar-refractivity contribution is 5.96. The van der Waals surface area contributed by atoms with Gasteiger partial charge in [0.05, 0.1) is 17.8 Å². The van der Waals surface area contributed by atoms with E-state index < -0.39 is 0 Å². The molecule has 0 bridgehead atoms. The summed E-state index contributed by atoms with van der Waals surface area (Å²) in [5.74, 6) is 0.0166. The first-order chi connectivity index (χ1) is 18.1. The van der Waals surface area contributed by atoms with E-state index in [0.29, 0.717) is 31.0 Å². The number of carbonyl (C=O) groups is 2. The van der Waals surface area contributed by atoms with Crippen LogP contribution in [0.15, 0.2) is 97.3 Å². The molecular formula is C30H34N4O3. The summed E-state index contributed by atoms with van der Waals surface area (Å²) in [6.07, 6.45) is 2.68. The van der Waals surface area contributed by atoms with Gasteiger partial charge in [-0.1, -0.05) is 79.4 Å². The summed E-state index contributed by atoms with van der Waals surface area (Å²) in [6.45, 7) is 5.55. The molecule has 1 heterocycles. The first kappa shape index (κ1) is 26.0. The number of urea groups is 1. The molecule has 3 aromatic rings. The van der Waals surface area contributed by atoms with E-state index in [1.54, 1.807) is 0 Å². The van der Waals surface area contributed by atoms with E-state index in [0.717, 1.165) is 36.1 Å². The van der Waals surface area contributed by atoms with E-state index in [1.807, 2.05) is 84.9 Å². The molecule has 37 heavy (non-hydrogen) atoms. The second kappa shape index (κ2) is 13.3. The van der Waals surface area contributed by atoms with Crippen LogP contribution in [0.25, 0.3) is 0 Å². The molecule has 0 aliphatic carbocycles. The van der Waals surface area contributed by atoms with Crippen LogP contribution < -0.4 is 21.3 Å². The molecule has 1 fully saturated rings. The van der Waals surface area contributed by atoms with Crippen molar-refractivity contribution < 1.29 is 14.3 Å². The molecule has 0 saturated carbocycles. The van der Waals surface area contributed by atoms with Gasteiger partial charge in [-0.25, -0.2) is 4.79 Å². The smallest absolute Gasteiger partial charge is 0.320 e. The molecule has 1 aliphatic heterocycles. The molecule has 1 aliphatic rings. The van der Waals surface area contributed by atoms with Crippen molar-refractivity contribution in [3.63, 3.8) is 0 Å². The Hall–Kier alpha value is -4.10. The van der Waals surface area contributed by atoms with Crippen molar-refractivity contribution >= 4 is 17.6 Å². The number of hydrogen-bond donors (Lipinski definition) is 4. The first-order valence-corrected chi connectivity index (χ1v) is 12.6. The van der Waals surface area contributed by atoms with Gasteiger partial charge in [0.15, 0.2) is 0 Å². The number of hydrogen-bond acceptors (Lipinski definition) is 4. The predicted octanol–water partition coefficient (Wildman–Crippen LogP) is 4.69. The molecule has 0 aromatic heterocycles. The largest absolute Gasteiger partial charge is 0.376 e. The quantitative estimate of drug-likeness (QED) is 0.309. The zero-order valence-corrected chi connectivity index (χ0v) is 20.9. The first-order valence-electron chi connectivity index (χ1n) is 12.6. The van der Waals surface area contributed by atoms with Crippen LogP contribution in [0.3, 0.4) is 0 Å². The molecule has 4 N–H and O–H groups in total. The van der Waals surface area contributed by atoms with E-state index >= 15 is 0 Å². The highest BCUT2D eigenvalue weighted by Gasteiger charge is 2.21. The SMILES string of the molecule is C=C(NCc1cccc(NC(=O)C(Cc2ccccc2)c2ccccc2)c1)NC(=O)NCC1CCCO1. The average molecular weight is 499 g/mol. The lowest BCUT2D eigenvalue weighted by Crippen LogP contribution is -2.41. The van der Waals surface area contributed by atoms with E-state index in [4.69, 9.17) is 4.74 Å². The second-order valence-electron chi connectivity index (χ2n) is 9.14. The maximum atomic E-state index is 13.4. The Morgan fingerprint density at radius 3 is 2.38 bits per heavy atom. The molecule has 1 saturated heterocycles. The second-order valence-corrected chi connectivity index (χ2v) is 9.14. The fourth-order valence-electron chi connectivity index (χ4n) is 4.33. The Kier molecular flexibility index (Phi) is 9.32. The minimum atomic E-state index is -0.320. The summed E-state index contributed by atoms with van der Waals surface area (Å²) < 4.78 is 5.51. The maximum Gasteiger partial charge on any atom is 0.320 e. The normalized spacial score (nSPS) is 15.4. The molecule has 2 unspecified atom stereocenters. The Morgan fingerprint density at radius 1 is 0.919 bits per heavy atom. The number of ether oxygens (including phenoxy) is 1. The van der Waals surface area contributed by atoms with E-state index in [9.17, 15) is 9.59 Å². The molecule has 0 spiro atoms. The van der Waals surface area contributed by atoms with Crippen LogP contribution in [0.4, 0.5) is 10.5 Å². The van der Waals surface area contributed by atoms with Gasteiger partial charge < -0.3 is 20.7 Å². The van der Waals surface area contributed by atoms with Gasteiger partial charge in [0.2, 0.25) is 5.91 Å². The predicted molar refractivity (Wildman–Crippen MR) is 146 cm³/mol. The van der Waals surface area contributed by atoms with Crippen molar-refractivity contribution in [1.29, 1.82) is 0 Å². The van der Waals surface area contributed by atoms with Crippen LogP contribution >= 0.6 is 0 Å². The van der Waals surface area contributed by atoms with Gasteiger partial charge in [0, 0.05) is 25.4 Å². The molecule has 0 radical (unpaired) electrons. The number of rotatable bonds is 11. The van der Waals surface area contributed by atoms with Crippen molar-refractivity contribution in [1.82, 2.24) is 16.0 Å². The molecule has 3 aromatic carbocycles. The summed E-state index contributed by atoms with van der Waals surface area (Å²) >= 11 is 0. The van der Waals surface area contributed by atoms with Gasteiger partial charge in [-0.15, -0.1) is 0 Å². The topological polar surface area (TPSA) is 91.5 Å². The molecule has 7 nitrogen and oxygen atoms in total. The third kappa shape index (κ3) is 8.22. The zero-order chi connectivity index (χ0) is 25.9. The summed E-state index contributed by atoms with van der Waals surface area (Å²) in [6, 6.07) is 27.2. The van der Waals surface area contributed by atoms with Gasteiger partial charge in [-0.2, -0.15) is 0 Å². The van der Waals surface area contributed by atoms with Crippen LogP contribution in [0, 0.1) is 0 Å². The van der Waals surface area contributed by atoms with Gasteiger partial charge in [0.1, 0.15) is 0 Å².